The van der Waals surface area contributed by atoms with Crippen LogP contribution in [0.25, 0.3) is 0 Å². The summed E-state index contributed by atoms with van der Waals surface area (Å²) >= 11 is 0. The molecule has 21 heavy (non-hydrogen) atoms. The summed E-state index contributed by atoms with van der Waals surface area (Å²) in [5.41, 5.74) is 2.93. The van der Waals surface area contributed by atoms with Gasteiger partial charge >= 0.3 is 6.09 Å². The van der Waals surface area contributed by atoms with Crippen LogP contribution in [0.1, 0.15) is 5.56 Å². The maximum absolute atomic E-state index is 10.9. The molecule has 0 radical (unpaired) electrons. The number of nitrogens with zero attached hydrogens (tertiary/aromatic N) is 2. The first-order valence-corrected chi connectivity index (χ1v) is 8.27. The number of aromatic nitrogens is 2. The summed E-state index contributed by atoms with van der Waals surface area (Å²) in [5, 5.41) is 1.79. The summed E-state index contributed by atoms with van der Waals surface area (Å²) in [6.07, 6.45) is 3.42. The smallest absolute Gasteiger partial charge is 0.421 e. The second-order valence-corrected chi connectivity index (χ2v) is 5.97. The van der Waals surface area contributed by atoms with Crippen LogP contribution < -0.4 is 11.3 Å². The number of nitrogens with one attached hydrogen (secondary N) is 1. The van der Waals surface area contributed by atoms with Gasteiger partial charge in [0.1, 0.15) is 10.1 Å². The van der Waals surface area contributed by atoms with Crippen molar-refractivity contribution in [3.05, 3.63) is 48.3 Å². The van der Waals surface area contributed by atoms with Gasteiger partial charge in [-0.1, -0.05) is 12.1 Å². The van der Waals surface area contributed by atoms with E-state index in [-0.39, 0.29) is 6.61 Å². The number of carbonyl (C=O) groups excluding carboxylic acids is 1. The number of hydrogen-bond acceptors (Lipinski definition) is 7. The molecule has 2 heterocycles. The molecule has 110 valence electrons. The molecule has 0 aliphatic heterocycles. The third kappa shape index (κ3) is 5.25. The third-order valence-electron chi connectivity index (χ3n) is 2.42. The maximum atomic E-state index is 10.9. The van der Waals surface area contributed by atoms with Gasteiger partial charge in [-0.15, -0.1) is 0 Å². The standard InChI is InChI=1S/C13H14N4O2S2/c14-17-13(18)19-9-6-10-4-3-8-16-12(10)21-20-11-5-1-2-7-15-11/h1-5,7-8H,6,9,14H2,(H,17,18). The van der Waals surface area contributed by atoms with E-state index in [1.165, 1.54) is 21.6 Å². The zero-order valence-corrected chi connectivity index (χ0v) is 12.7. The highest BCUT2D eigenvalue weighted by molar-refractivity contribution is 8.76. The average Bonchev–Trinajstić information content (AvgIpc) is 2.54. The van der Waals surface area contributed by atoms with E-state index >= 15 is 0 Å². The normalized spacial score (nSPS) is 10.1. The van der Waals surface area contributed by atoms with E-state index in [2.05, 4.69) is 9.97 Å². The van der Waals surface area contributed by atoms with Crippen molar-refractivity contribution in [1.82, 2.24) is 15.4 Å². The summed E-state index contributed by atoms with van der Waals surface area (Å²) in [6, 6.07) is 9.57. The van der Waals surface area contributed by atoms with E-state index in [1.54, 1.807) is 12.4 Å². The van der Waals surface area contributed by atoms with Gasteiger partial charge in [-0.3, -0.25) is 5.43 Å². The third-order valence-corrected chi connectivity index (χ3v) is 4.67. The fraction of sp³-hybridized carbons (Fsp3) is 0.154. The molecule has 2 rings (SSSR count). The van der Waals surface area contributed by atoms with Gasteiger partial charge in [0.25, 0.3) is 0 Å². The highest BCUT2D eigenvalue weighted by Crippen LogP contribution is 2.36. The molecule has 0 aromatic carbocycles. The molecule has 6 nitrogen and oxygen atoms in total. The van der Waals surface area contributed by atoms with Gasteiger partial charge in [0.05, 0.1) is 6.61 Å². The van der Waals surface area contributed by atoms with Crippen LogP contribution in [0.3, 0.4) is 0 Å². The van der Waals surface area contributed by atoms with Gasteiger partial charge < -0.3 is 4.74 Å². The molecular formula is C13H14N4O2S2. The Labute approximate surface area is 130 Å². The number of hydrazine groups is 1. The molecule has 0 fully saturated rings. The lowest BCUT2D eigenvalue weighted by Gasteiger charge is -2.07. The van der Waals surface area contributed by atoms with Gasteiger partial charge in [-0.25, -0.2) is 20.6 Å². The molecule has 3 N–H and O–H groups in total. The summed E-state index contributed by atoms with van der Waals surface area (Å²) in [5.74, 6) is 4.94. The summed E-state index contributed by atoms with van der Waals surface area (Å²) in [7, 11) is 3.06. The Morgan fingerprint density at radius 2 is 2.05 bits per heavy atom. The van der Waals surface area contributed by atoms with E-state index in [1.807, 2.05) is 35.8 Å². The van der Waals surface area contributed by atoms with Crippen molar-refractivity contribution in [2.24, 2.45) is 5.84 Å². The molecular weight excluding hydrogens is 308 g/mol. The molecule has 0 atom stereocenters. The van der Waals surface area contributed by atoms with Crippen LogP contribution in [-0.2, 0) is 11.2 Å². The molecule has 0 spiro atoms. The number of pyridine rings is 2. The zero-order chi connectivity index (χ0) is 14.9. The van der Waals surface area contributed by atoms with Crippen molar-refractivity contribution in [3.63, 3.8) is 0 Å². The lowest BCUT2D eigenvalue weighted by Crippen LogP contribution is -2.31. The van der Waals surface area contributed by atoms with E-state index in [0.717, 1.165) is 15.6 Å². The van der Waals surface area contributed by atoms with E-state index in [4.69, 9.17) is 10.6 Å². The Morgan fingerprint density at radius 3 is 2.81 bits per heavy atom. The molecule has 2 aromatic heterocycles. The van der Waals surface area contributed by atoms with Gasteiger partial charge in [-0.05, 0) is 45.4 Å². The minimum Gasteiger partial charge on any atom is -0.448 e. The number of rotatable bonds is 6. The molecule has 0 aliphatic rings. The first-order valence-electron chi connectivity index (χ1n) is 6.12. The van der Waals surface area contributed by atoms with Crippen LogP contribution in [0.4, 0.5) is 4.79 Å². The monoisotopic (exact) mass is 322 g/mol. The van der Waals surface area contributed by atoms with Crippen molar-refractivity contribution in [1.29, 1.82) is 0 Å². The van der Waals surface area contributed by atoms with Gasteiger partial charge in [-0.2, -0.15) is 0 Å². The lowest BCUT2D eigenvalue weighted by atomic mass is 10.2. The highest BCUT2D eigenvalue weighted by atomic mass is 33.1. The van der Waals surface area contributed by atoms with Gasteiger partial charge in [0, 0.05) is 18.8 Å². The second kappa shape index (κ2) is 8.50. The number of ether oxygens (including phenoxy) is 1. The molecule has 0 aliphatic carbocycles. The Kier molecular flexibility index (Phi) is 6.32. The van der Waals surface area contributed by atoms with Crippen LogP contribution in [0.2, 0.25) is 0 Å². The largest absolute Gasteiger partial charge is 0.448 e. The van der Waals surface area contributed by atoms with Crippen LogP contribution >= 0.6 is 21.6 Å². The minimum absolute atomic E-state index is 0.247. The topological polar surface area (TPSA) is 90.1 Å². The van der Waals surface area contributed by atoms with Gasteiger partial charge in [0.15, 0.2) is 0 Å². The first-order chi connectivity index (χ1) is 10.3. The first kappa shape index (κ1) is 15.6. The van der Waals surface area contributed by atoms with Gasteiger partial charge in [0.2, 0.25) is 0 Å². The highest BCUT2D eigenvalue weighted by Gasteiger charge is 2.07. The molecule has 0 unspecified atom stereocenters. The number of hydrogen-bond donors (Lipinski definition) is 2. The van der Waals surface area contributed by atoms with E-state index in [9.17, 15) is 4.79 Å². The molecule has 2 aromatic rings. The summed E-state index contributed by atoms with van der Waals surface area (Å²) in [4.78, 5) is 19.5. The van der Waals surface area contributed by atoms with Crippen molar-refractivity contribution < 1.29 is 9.53 Å². The molecule has 1 amide bonds. The number of nitrogens with two attached hydrogens (primary N) is 1. The Hall–Kier alpha value is -1.77. The Morgan fingerprint density at radius 1 is 1.19 bits per heavy atom. The lowest BCUT2D eigenvalue weighted by molar-refractivity contribution is 0.147. The van der Waals surface area contributed by atoms with Crippen LogP contribution in [0.15, 0.2) is 52.8 Å². The van der Waals surface area contributed by atoms with Crippen molar-refractivity contribution in [2.45, 2.75) is 16.5 Å². The quantitative estimate of drug-likeness (QED) is 0.365. The van der Waals surface area contributed by atoms with Crippen LogP contribution in [-0.4, -0.2) is 22.7 Å². The van der Waals surface area contributed by atoms with Crippen molar-refractivity contribution in [2.75, 3.05) is 6.61 Å². The minimum atomic E-state index is -0.643. The predicted octanol–water partition coefficient (Wildman–Crippen LogP) is 2.42. The Balaban J connectivity index is 1.92. The molecule has 0 saturated carbocycles. The van der Waals surface area contributed by atoms with Crippen molar-refractivity contribution >= 4 is 27.7 Å². The van der Waals surface area contributed by atoms with Crippen LogP contribution in [0, 0.1) is 0 Å². The van der Waals surface area contributed by atoms with Crippen LogP contribution in [0.5, 0.6) is 0 Å². The SMILES string of the molecule is NNC(=O)OCCc1cccnc1SSc1ccccn1. The molecule has 0 bridgehead atoms. The van der Waals surface area contributed by atoms with Crippen molar-refractivity contribution in [3.8, 4) is 0 Å². The molecule has 8 heteroatoms. The van der Waals surface area contributed by atoms with E-state index in [0.29, 0.717) is 6.42 Å². The average molecular weight is 322 g/mol. The molecule has 0 saturated heterocycles. The zero-order valence-electron chi connectivity index (χ0n) is 11.1. The van der Waals surface area contributed by atoms with E-state index < -0.39 is 6.09 Å². The predicted molar refractivity (Wildman–Crippen MR) is 82.6 cm³/mol. The maximum Gasteiger partial charge on any atom is 0.421 e. The second-order valence-electron chi connectivity index (χ2n) is 3.83. The summed E-state index contributed by atoms with van der Waals surface area (Å²) in [6.45, 7) is 0.247. The fourth-order valence-electron chi connectivity index (χ4n) is 1.46. The number of amides is 1. The fourth-order valence-corrected chi connectivity index (χ4v) is 3.49. The number of carbonyl (C=O) groups is 1. The Bertz CT molecular complexity index is 583. The summed E-state index contributed by atoms with van der Waals surface area (Å²) < 4.78 is 4.88.